The lowest BCUT2D eigenvalue weighted by Crippen LogP contribution is -2.35. The summed E-state index contributed by atoms with van der Waals surface area (Å²) in [7, 11) is 1.66. The van der Waals surface area contributed by atoms with Crippen molar-refractivity contribution in [2.75, 3.05) is 7.11 Å². The number of hydrogen-bond donors (Lipinski definition) is 1. The summed E-state index contributed by atoms with van der Waals surface area (Å²) in [6.07, 6.45) is 0.721. The summed E-state index contributed by atoms with van der Waals surface area (Å²) in [5.41, 5.74) is 8.20. The van der Waals surface area contributed by atoms with Crippen LogP contribution in [0.25, 0.3) is 10.2 Å². The standard InChI is InChI=1S/C17H18N2OS/c1-17(18,12-7-9-13(20-2)10-8-12)11-16-19-14-5-3-4-6-15(14)21-16/h3-10H,11,18H2,1-2H3. The van der Waals surface area contributed by atoms with Gasteiger partial charge in [0.05, 0.1) is 22.3 Å². The average molecular weight is 298 g/mol. The van der Waals surface area contributed by atoms with Crippen LogP contribution in [0.1, 0.15) is 17.5 Å². The number of rotatable bonds is 4. The molecule has 2 aromatic carbocycles. The van der Waals surface area contributed by atoms with Crippen LogP contribution in [0.4, 0.5) is 0 Å². The number of aromatic nitrogens is 1. The lowest BCUT2D eigenvalue weighted by atomic mass is 9.90. The number of thiazole rings is 1. The zero-order valence-electron chi connectivity index (χ0n) is 12.2. The van der Waals surface area contributed by atoms with E-state index in [4.69, 9.17) is 10.5 Å². The van der Waals surface area contributed by atoms with E-state index in [0.717, 1.165) is 28.3 Å². The molecular weight excluding hydrogens is 280 g/mol. The molecule has 2 N–H and O–H groups in total. The van der Waals surface area contributed by atoms with Crippen LogP contribution < -0.4 is 10.5 Å². The molecule has 1 unspecified atom stereocenters. The summed E-state index contributed by atoms with van der Waals surface area (Å²) in [6, 6.07) is 16.1. The fraction of sp³-hybridized carbons (Fsp3) is 0.235. The summed E-state index contributed by atoms with van der Waals surface area (Å²) in [4.78, 5) is 4.67. The van der Waals surface area contributed by atoms with Crippen molar-refractivity contribution in [2.45, 2.75) is 18.9 Å². The Morgan fingerprint density at radius 3 is 2.52 bits per heavy atom. The van der Waals surface area contributed by atoms with Crippen molar-refractivity contribution >= 4 is 21.6 Å². The molecule has 0 aliphatic carbocycles. The molecule has 1 aromatic heterocycles. The van der Waals surface area contributed by atoms with Crippen molar-refractivity contribution in [2.24, 2.45) is 5.73 Å². The van der Waals surface area contributed by atoms with E-state index in [9.17, 15) is 0 Å². The Morgan fingerprint density at radius 2 is 1.86 bits per heavy atom. The van der Waals surface area contributed by atoms with Crippen LogP contribution in [0, 0.1) is 0 Å². The molecule has 0 bridgehead atoms. The first-order valence-electron chi connectivity index (χ1n) is 6.86. The third-order valence-corrected chi connectivity index (χ3v) is 4.64. The van der Waals surface area contributed by atoms with E-state index < -0.39 is 5.54 Å². The Hall–Kier alpha value is -1.91. The Morgan fingerprint density at radius 1 is 1.14 bits per heavy atom. The summed E-state index contributed by atoms with van der Waals surface area (Å²) in [5.74, 6) is 0.842. The highest BCUT2D eigenvalue weighted by molar-refractivity contribution is 7.18. The summed E-state index contributed by atoms with van der Waals surface area (Å²) >= 11 is 1.71. The van der Waals surface area contributed by atoms with Crippen LogP contribution in [-0.4, -0.2) is 12.1 Å². The summed E-state index contributed by atoms with van der Waals surface area (Å²) < 4.78 is 6.40. The van der Waals surface area contributed by atoms with Crippen LogP contribution in [0.2, 0.25) is 0 Å². The first kappa shape index (κ1) is 14.0. The molecule has 0 saturated heterocycles. The van der Waals surface area contributed by atoms with Gasteiger partial charge in [-0.05, 0) is 36.8 Å². The fourth-order valence-electron chi connectivity index (χ4n) is 2.38. The number of fused-ring (bicyclic) bond motifs is 1. The summed E-state index contributed by atoms with van der Waals surface area (Å²) in [5, 5.41) is 1.07. The Bertz CT molecular complexity index is 714. The van der Waals surface area contributed by atoms with Crippen LogP contribution in [0.5, 0.6) is 5.75 Å². The molecule has 0 radical (unpaired) electrons. The van der Waals surface area contributed by atoms with E-state index in [1.165, 1.54) is 4.70 Å². The fourth-order valence-corrected chi connectivity index (χ4v) is 3.52. The zero-order chi connectivity index (χ0) is 14.9. The molecule has 1 heterocycles. The van der Waals surface area contributed by atoms with Crippen molar-refractivity contribution in [3.05, 3.63) is 59.1 Å². The predicted octanol–water partition coefficient (Wildman–Crippen LogP) is 3.72. The SMILES string of the molecule is COc1ccc(C(C)(N)Cc2nc3ccccc3s2)cc1. The number of nitrogens with two attached hydrogens (primary N) is 1. The van der Waals surface area contributed by atoms with E-state index >= 15 is 0 Å². The van der Waals surface area contributed by atoms with Crippen molar-refractivity contribution in [3.63, 3.8) is 0 Å². The minimum absolute atomic E-state index is 0.444. The molecule has 0 aliphatic rings. The van der Waals surface area contributed by atoms with Gasteiger partial charge in [0.1, 0.15) is 5.75 Å². The van der Waals surface area contributed by atoms with E-state index in [1.807, 2.05) is 49.4 Å². The highest BCUT2D eigenvalue weighted by Crippen LogP contribution is 2.29. The molecule has 3 nitrogen and oxygen atoms in total. The molecular formula is C17H18N2OS. The number of benzene rings is 2. The Balaban J connectivity index is 1.86. The molecule has 0 spiro atoms. The number of para-hydroxylation sites is 1. The second kappa shape index (κ2) is 5.47. The highest BCUT2D eigenvalue weighted by Gasteiger charge is 2.23. The predicted molar refractivity (Wildman–Crippen MR) is 87.9 cm³/mol. The van der Waals surface area contributed by atoms with E-state index in [1.54, 1.807) is 18.4 Å². The average Bonchev–Trinajstić information content (AvgIpc) is 2.88. The van der Waals surface area contributed by atoms with Gasteiger partial charge < -0.3 is 10.5 Å². The monoisotopic (exact) mass is 298 g/mol. The number of nitrogens with zero attached hydrogens (tertiary/aromatic N) is 1. The van der Waals surface area contributed by atoms with Gasteiger partial charge in [0.15, 0.2) is 0 Å². The van der Waals surface area contributed by atoms with E-state index in [0.29, 0.717) is 0 Å². The first-order valence-corrected chi connectivity index (χ1v) is 7.68. The maximum atomic E-state index is 6.51. The van der Waals surface area contributed by atoms with Gasteiger partial charge in [0.2, 0.25) is 0 Å². The van der Waals surface area contributed by atoms with Crippen LogP contribution in [0.15, 0.2) is 48.5 Å². The molecule has 0 aliphatic heterocycles. The number of hydrogen-bond acceptors (Lipinski definition) is 4. The van der Waals surface area contributed by atoms with Gasteiger partial charge in [-0.2, -0.15) is 0 Å². The second-order valence-electron chi connectivity index (χ2n) is 5.40. The van der Waals surface area contributed by atoms with Crippen molar-refractivity contribution in [3.8, 4) is 5.75 Å². The smallest absolute Gasteiger partial charge is 0.118 e. The van der Waals surface area contributed by atoms with E-state index in [2.05, 4.69) is 11.1 Å². The van der Waals surface area contributed by atoms with Gasteiger partial charge in [0, 0.05) is 12.0 Å². The Labute approximate surface area is 128 Å². The summed E-state index contributed by atoms with van der Waals surface area (Å²) in [6.45, 7) is 2.04. The third kappa shape index (κ3) is 2.91. The highest BCUT2D eigenvalue weighted by atomic mass is 32.1. The molecule has 1 atom stereocenters. The number of ether oxygens (including phenoxy) is 1. The quantitative estimate of drug-likeness (QED) is 0.798. The van der Waals surface area contributed by atoms with Crippen molar-refractivity contribution in [1.29, 1.82) is 0 Å². The van der Waals surface area contributed by atoms with Gasteiger partial charge in [-0.3, -0.25) is 0 Å². The van der Waals surface area contributed by atoms with Crippen LogP contribution in [-0.2, 0) is 12.0 Å². The first-order chi connectivity index (χ1) is 10.1. The third-order valence-electron chi connectivity index (χ3n) is 3.61. The molecule has 108 valence electrons. The minimum atomic E-state index is -0.444. The molecule has 3 rings (SSSR count). The number of methoxy groups -OCH3 is 1. The maximum absolute atomic E-state index is 6.51. The normalized spacial score (nSPS) is 14.0. The van der Waals surface area contributed by atoms with Gasteiger partial charge in [-0.15, -0.1) is 11.3 Å². The largest absolute Gasteiger partial charge is 0.497 e. The van der Waals surface area contributed by atoms with Gasteiger partial charge >= 0.3 is 0 Å². The topological polar surface area (TPSA) is 48.1 Å². The van der Waals surface area contributed by atoms with E-state index in [-0.39, 0.29) is 0 Å². The molecule has 0 fully saturated rings. The van der Waals surface area contributed by atoms with Crippen LogP contribution >= 0.6 is 11.3 Å². The molecule has 4 heteroatoms. The van der Waals surface area contributed by atoms with Crippen LogP contribution in [0.3, 0.4) is 0 Å². The molecule has 0 saturated carbocycles. The van der Waals surface area contributed by atoms with Crippen molar-refractivity contribution in [1.82, 2.24) is 4.98 Å². The maximum Gasteiger partial charge on any atom is 0.118 e. The van der Waals surface area contributed by atoms with Gasteiger partial charge in [-0.1, -0.05) is 24.3 Å². The lowest BCUT2D eigenvalue weighted by Gasteiger charge is -2.24. The zero-order valence-corrected chi connectivity index (χ0v) is 13.0. The van der Waals surface area contributed by atoms with Gasteiger partial charge in [0.25, 0.3) is 0 Å². The Kier molecular flexibility index (Phi) is 3.66. The molecule has 3 aromatic rings. The lowest BCUT2D eigenvalue weighted by molar-refractivity contribution is 0.413. The molecule has 0 amide bonds. The second-order valence-corrected chi connectivity index (χ2v) is 6.51. The van der Waals surface area contributed by atoms with Gasteiger partial charge in [-0.25, -0.2) is 4.98 Å². The minimum Gasteiger partial charge on any atom is -0.497 e. The van der Waals surface area contributed by atoms with Crippen molar-refractivity contribution < 1.29 is 4.74 Å². The molecule has 21 heavy (non-hydrogen) atoms.